The van der Waals surface area contributed by atoms with E-state index in [0.717, 1.165) is 29.6 Å². The van der Waals surface area contributed by atoms with Crippen LogP contribution in [0.1, 0.15) is 49.9 Å². The van der Waals surface area contributed by atoms with Gasteiger partial charge in [-0.15, -0.1) is 0 Å². The van der Waals surface area contributed by atoms with E-state index in [0.29, 0.717) is 5.92 Å². The molecular weight excluding hydrogens is 300 g/mol. The van der Waals surface area contributed by atoms with Crippen LogP contribution in [0.3, 0.4) is 0 Å². The van der Waals surface area contributed by atoms with Crippen LogP contribution in [0.15, 0.2) is 30.7 Å². The molecule has 0 fully saturated rings. The molecular formula is C18H24N6. The highest BCUT2D eigenvalue weighted by atomic mass is 15.3. The largest absolute Gasteiger partial charge is 0.325 e. The normalized spacial score (nSPS) is 12.8. The second-order valence-electron chi connectivity index (χ2n) is 6.57. The second kappa shape index (κ2) is 6.55. The highest BCUT2D eigenvalue weighted by Crippen LogP contribution is 2.22. The van der Waals surface area contributed by atoms with Gasteiger partial charge in [-0.2, -0.15) is 5.10 Å². The minimum absolute atomic E-state index is 0.220. The van der Waals surface area contributed by atoms with E-state index in [-0.39, 0.29) is 6.04 Å². The molecule has 24 heavy (non-hydrogen) atoms. The lowest BCUT2D eigenvalue weighted by Crippen LogP contribution is -2.16. The Bertz CT molecular complexity index is 830. The van der Waals surface area contributed by atoms with E-state index in [1.165, 1.54) is 5.69 Å². The fraction of sp³-hybridized carbons (Fsp3) is 0.444. The van der Waals surface area contributed by atoms with Crippen molar-refractivity contribution >= 4 is 0 Å². The standard InChI is InChI=1S/C18H24N6/c1-12(2)17-19-7-6-16(21-17)18-20-8-9-23(18)15(5)11-24-14(4)10-13(3)22-24/h6-10,12,15H,11H2,1-5H3/t15-/m0/s1. The van der Waals surface area contributed by atoms with Crippen molar-refractivity contribution in [1.29, 1.82) is 0 Å². The minimum Gasteiger partial charge on any atom is -0.325 e. The summed E-state index contributed by atoms with van der Waals surface area (Å²) in [5.74, 6) is 2.00. The Balaban J connectivity index is 1.90. The van der Waals surface area contributed by atoms with Gasteiger partial charge in [-0.1, -0.05) is 13.8 Å². The van der Waals surface area contributed by atoms with Crippen molar-refractivity contribution in [3.8, 4) is 11.5 Å². The topological polar surface area (TPSA) is 61.4 Å². The highest BCUT2D eigenvalue weighted by molar-refractivity contribution is 5.49. The Morgan fingerprint density at radius 1 is 1.08 bits per heavy atom. The van der Waals surface area contributed by atoms with Crippen LogP contribution in [0.5, 0.6) is 0 Å². The van der Waals surface area contributed by atoms with Crippen LogP contribution in [0.4, 0.5) is 0 Å². The molecule has 0 aliphatic rings. The maximum absolute atomic E-state index is 4.67. The summed E-state index contributed by atoms with van der Waals surface area (Å²) in [5.41, 5.74) is 3.08. The predicted molar refractivity (Wildman–Crippen MR) is 93.8 cm³/mol. The van der Waals surface area contributed by atoms with Gasteiger partial charge in [0.2, 0.25) is 0 Å². The first kappa shape index (κ1) is 16.4. The second-order valence-corrected chi connectivity index (χ2v) is 6.57. The van der Waals surface area contributed by atoms with Gasteiger partial charge < -0.3 is 4.57 Å². The molecule has 1 atom stereocenters. The Kier molecular flexibility index (Phi) is 4.46. The first-order chi connectivity index (χ1) is 11.5. The van der Waals surface area contributed by atoms with Crippen molar-refractivity contribution in [2.45, 2.75) is 53.1 Å². The first-order valence-electron chi connectivity index (χ1n) is 8.33. The molecule has 0 unspecified atom stereocenters. The van der Waals surface area contributed by atoms with Crippen molar-refractivity contribution in [3.05, 3.63) is 47.9 Å². The van der Waals surface area contributed by atoms with Crippen LogP contribution in [-0.2, 0) is 6.54 Å². The van der Waals surface area contributed by atoms with Gasteiger partial charge in [-0.05, 0) is 32.9 Å². The summed E-state index contributed by atoms with van der Waals surface area (Å²) in [5, 5.41) is 4.56. The molecule has 0 spiro atoms. The summed E-state index contributed by atoms with van der Waals surface area (Å²) in [6.07, 6.45) is 5.63. The molecule has 6 heteroatoms. The van der Waals surface area contributed by atoms with Crippen molar-refractivity contribution in [1.82, 2.24) is 29.3 Å². The molecule has 0 aliphatic carbocycles. The van der Waals surface area contributed by atoms with E-state index in [9.17, 15) is 0 Å². The summed E-state index contributed by atoms with van der Waals surface area (Å²) in [6.45, 7) is 11.3. The van der Waals surface area contributed by atoms with Gasteiger partial charge in [0.15, 0.2) is 5.82 Å². The molecule has 0 aliphatic heterocycles. The Labute approximate surface area is 142 Å². The average Bonchev–Trinajstić information content (AvgIpc) is 3.14. The zero-order valence-corrected chi connectivity index (χ0v) is 14.9. The number of aryl methyl sites for hydroxylation is 2. The zero-order valence-electron chi connectivity index (χ0n) is 14.9. The molecule has 0 radical (unpaired) electrons. The molecule has 0 N–H and O–H groups in total. The van der Waals surface area contributed by atoms with Crippen LogP contribution < -0.4 is 0 Å². The Hall–Kier alpha value is -2.50. The van der Waals surface area contributed by atoms with Crippen LogP contribution in [0.2, 0.25) is 0 Å². The SMILES string of the molecule is Cc1cc(C)n(C[C@H](C)n2ccnc2-c2ccnc(C(C)C)n2)n1. The highest BCUT2D eigenvalue weighted by Gasteiger charge is 2.16. The Morgan fingerprint density at radius 2 is 1.88 bits per heavy atom. The van der Waals surface area contributed by atoms with Crippen LogP contribution in [0, 0.1) is 13.8 Å². The third kappa shape index (κ3) is 3.22. The van der Waals surface area contributed by atoms with Gasteiger partial charge in [0.25, 0.3) is 0 Å². The van der Waals surface area contributed by atoms with E-state index in [4.69, 9.17) is 0 Å². The molecule has 0 bridgehead atoms. The molecule has 3 aromatic rings. The first-order valence-corrected chi connectivity index (χ1v) is 8.33. The molecule has 3 rings (SSSR count). The molecule has 0 saturated carbocycles. The Morgan fingerprint density at radius 3 is 2.54 bits per heavy atom. The summed E-state index contributed by atoms with van der Waals surface area (Å²) in [4.78, 5) is 13.5. The smallest absolute Gasteiger partial charge is 0.159 e. The van der Waals surface area contributed by atoms with E-state index in [1.807, 2.05) is 36.3 Å². The molecule has 126 valence electrons. The van der Waals surface area contributed by atoms with Crippen LogP contribution in [0.25, 0.3) is 11.5 Å². The molecule has 3 heterocycles. The molecule has 6 nitrogen and oxygen atoms in total. The van der Waals surface area contributed by atoms with E-state index in [2.05, 4.69) is 58.4 Å². The maximum atomic E-state index is 4.67. The lowest BCUT2D eigenvalue weighted by molar-refractivity contribution is 0.433. The van der Waals surface area contributed by atoms with Gasteiger partial charge in [-0.3, -0.25) is 4.68 Å². The number of hydrogen-bond acceptors (Lipinski definition) is 4. The molecule has 0 saturated heterocycles. The third-order valence-corrected chi connectivity index (χ3v) is 4.10. The fourth-order valence-electron chi connectivity index (χ4n) is 2.84. The number of nitrogens with zero attached hydrogens (tertiary/aromatic N) is 6. The van der Waals surface area contributed by atoms with Gasteiger partial charge in [0.05, 0.1) is 18.3 Å². The van der Waals surface area contributed by atoms with Gasteiger partial charge in [0, 0.05) is 30.2 Å². The summed E-state index contributed by atoms with van der Waals surface area (Å²) in [7, 11) is 0. The maximum Gasteiger partial charge on any atom is 0.159 e. The lowest BCUT2D eigenvalue weighted by Gasteiger charge is -2.17. The third-order valence-electron chi connectivity index (χ3n) is 4.10. The van der Waals surface area contributed by atoms with E-state index < -0.39 is 0 Å². The van der Waals surface area contributed by atoms with Crippen molar-refractivity contribution in [2.75, 3.05) is 0 Å². The quantitative estimate of drug-likeness (QED) is 0.720. The van der Waals surface area contributed by atoms with Gasteiger partial charge in [-0.25, -0.2) is 15.0 Å². The monoisotopic (exact) mass is 324 g/mol. The van der Waals surface area contributed by atoms with Crippen molar-refractivity contribution in [2.24, 2.45) is 0 Å². The zero-order chi connectivity index (χ0) is 17.3. The number of hydrogen-bond donors (Lipinski definition) is 0. The minimum atomic E-state index is 0.220. The predicted octanol–water partition coefficient (Wildman–Crippen LogP) is 3.54. The van der Waals surface area contributed by atoms with Crippen LogP contribution in [-0.4, -0.2) is 29.3 Å². The van der Waals surface area contributed by atoms with Crippen LogP contribution >= 0.6 is 0 Å². The molecule has 0 aromatic carbocycles. The van der Waals surface area contributed by atoms with E-state index in [1.54, 1.807) is 0 Å². The van der Waals surface area contributed by atoms with Crippen molar-refractivity contribution < 1.29 is 0 Å². The number of rotatable bonds is 5. The molecule has 0 amide bonds. The lowest BCUT2D eigenvalue weighted by atomic mass is 10.2. The number of aromatic nitrogens is 6. The fourth-order valence-corrected chi connectivity index (χ4v) is 2.84. The van der Waals surface area contributed by atoms with Crippen molar-refractivity contribution in [3.63, 3.8) is 0 Å². The summed E-state index contributed by atoms with van der Waals surface area (Å²) < 4.78 is 4.20. The summed E-state index contributed by atoms with van der Waals surface area (Å²) >= 11 is 0. The summed E-state index contributed by atoms with van der Waals surface area (Å²) in [6, 6.07) is 4.24. The van der Waals surface area contributed by atoms with E-state index >= 15 is 0 Å². The van der Waals surface area contributed by atoms with Gasteiger partial charge in [0.1, 0.15) is 11.5 Å². The van der Waals surface area contributed by atoms with Gasteiger partial charge >= 0.3 is 0 Å². The average molecular weight is 324 g/mol. The number of imidazole rings is 1. The molecule has 3 aromatic heterocycles.